The Morgan fingerprint density at radius 2 is 1.93 bits per heavy atom. The number of nitrogens with two attached hydrogens (primary N) is 1. The van der Waals surface area contributed by atoms with Gasteiger partial charge in [-0.3, -0.25) is 24.6 Å². The fourth-order valence-electron chi connectivity index (χ4n) is 3.67. The lowest BCUT2D eigenvalue weighted by atomic mass is 10.1. The molecule has 0 aromatic heterocycles. The van der Waals surface area contributed by atoms with Gasteiger partial charge in [0.2, 0.25) is 5.91 Å². The zero-order chi connectivity index (χ0) is 20.7. The zero-order valence-electron chi connectivity index (χ0n) is 16.6. The molecule has 28 heavy (non-hydrogen) atoms. The first-order valence-electron chi connectivity index (χ1n) is 9.77. The molecule has 2 N–H and O–H groups in total. The number of ether oxygens (including phenoxy) is 1. The molecular formula is C20H29N3O5. The van der Waals surface area contributed by atoms with Crippen molar-refractivity contribution in [3.63, 3.8) is 0 Å². The summed E-state index contributed by atoms with van der Waals surface area (Å²) in [6.07, 6.45) is 5.30. The van der Waals surface area contributed by atoms with Gasteiger partial charge in [0.15, 0.2) is 11.5 Å². The van der Waals surface area contributed by atoms with Crippen molar-refractivity contribution in [3.8, 4) is 5.75 Å². The lowest BCUT2D eigenvalue weighted by Gasteiger charge is -2.24. The summed E-state index contributed by atoms with van der Waals surface area (Å²) in [5.74, 6) is -0.507. The van der Waals surface area contributed by atoms with Gasteiger partial charge >= 0.3 is 5.69 Å². The second-order valence-corrected chi connectivity index (χ2v) is 7.33. The van der Waals surface area contributed by atoms with E-state index in [1.165, 1.54) is 13.0 Å². The number of hydrogen-bond acceptors (Lipinski definition) is 6. The van der Waals surface area contributed by atoms with E-state index in [9.17, 15) is 19.7 Å². The average Bonchev–Trinajstić information content (AvgIpc) is 3.13. The molecule has 0 bridgehead atoms. The molecule has 8 heteroatoms. The molecule has 1 unspecified atom stereocenters. The second kappa shape index (κ2) is 10.2. The van der Waals surface area contributed by atoms with Crippen LogP contribution in [0.4, 0.5) is 5.69 Å². The largest absolute Gasteiger partial charge is 0.487 e. The molecule has 154 valence electrons. The van der Waals surface area contributed by atoms with Crippen LogP contribution >= 0.6 is 0 Å². The number of nitrogens with zero attached hydrogens (tertiary/aromatic N) is 2. The van der Waals surface area contributed by atoms with Crippen LogP contribution in [0.5, 0.6) is 5.75 Å². The van der Waals surface area contributed by atoms with Gasteiger partial charge in [-0.05, 0) is 76.7 Å². The summed E-state index contributed by atoms with van der Waals surface area (Å²) in [6, 6.07) is 2.89. The van der Waals surface area contributed by atoms with Gasteiger partial charge < -0.3 is 10.5 Å². The summed E-state index contributed by atoms with van der Waals surface area (Å²) in [6.45, 7) is 5.23. The predicted molar refractivity (Wildman–Crippen MR) is 106 cm³/mol. The predicted octanol–water partition coefficient (Wildman–Crippen LogP) is 2.99. The van der Waals surface area contributed by atoms with Crippen molar-refractivity contribution < 1.29 is 19.2 Å². The number of ketones is 1. The maximum atomic E-state index is 11.7. The molecule has 2 rings (SSSR count). The Hall–Kier alpha value is -2.48. The first-order valence-corrected chi connectivity index (χ1v) is 9.77. The van der Waals surface area contributed by atoms with Gasteiger partial charge in [-0.2, -0.15) is 0 Å². The third kappa shape index (κ3) is 5.76. The van der Waals surface area contributed by atoms with E-state index in [1.54, 1.807) is 13.0 Å². The topological polar surface area (TPSA) is 116 Å². The molecule has 1 aromatic rings. The number of amides is 1. The van der Waals surface area contributed by atoms with E-state index in [1.807, 2.05) is 0 Å². The van der Waals surface area contributed by atoms with Crippen LogP contribution in [0.1, 0.15) is 61.4 Å². The molecule has 0 spiro atoms. The quantitative estimate of drug-likeness (QED) is 0.268. The van der Waals surface area contributed by atoms with Crippen molar-refractivity contribution in [2.24, 2.45) is 5.73 Å². The molecule has 1 saturated heterocycles. The van der Waals surface area contributed by atoms with Crippen molar-refractivity contribution in [1.29, 1.82) is 0 Å². The molecule has 8 nitrogen and oxygen atoms in total. The highest BCUT2D eigenvalue weighted by Gasteiger charge is 2.26. The molecule has 0 saturated carbocycles. The molecule has 1 aliphatic rings. The van der Waals surface area contributed by atoms with Gasteiger partial charge in [-0.25, -0.2) is 0 Å². The van der Waals surface area contributed by atoms with Crippen molar-refractivity contribution in [2.45, 2.75) is 58.4 Å². The third-order valence-corrected chi connectivity index (χ3v) is 5.07. The van der Waals surface area contributed by atoms with Crippen molar-refractivity contribution in [1.82, 2.24) is 4.90 Å². The third-order valence-electron chi connectivity index (χ3n) is 5.07. The molecule has 1 amide bonds. The SMILES string of the molecule is CC(=O)c1cc(C)cc(OCCCCCC(C(N)=O)N2CCCC2)c1[N+](=O)[O-]. The maximum Gasteiger partial charge on any atom is 0.321 e. The zero-order valence-corrected chi connectivity index (χ0v) is 16.6. The van der Waals surface area contributed by atoms with Crippen LogP contribution in [0, 0.1) is 17.0 Å². The summed E-state index contributed by atoms with van der Waals surface area (Å²) >= 11 is 0. The molecule has 1 heterocycles. The van der Waals surface area contributed by atoms with Gasteiger partial charge in [0, 0.05) is 0 Å². The molecule has 0 radical (unpaired) electrons. The van der Waals surface area contributed by atoms with E-state index in [4.69, 9.17) is 10.5 Å². The summed E-state index contributed by atoms with van der Waals surface area (Å²) in [5.41, 5.74) is 6.06. The molecule has 1 fully saturated rings. The minimum atomic E-state index is -0.570. The number of unbranched alkanes of at least 4 members (excludes halogenated alkanes) is 2. The van der Waals surface area contributed by atoms with Crippen molar-refractivity contribution in [2.75, 3.05) is 19.7 Å². The van der Waals surface area contributed by atoms with Crippen molar-refractivity contribution in [3.05, 3.63) is 33.4 Å². The number of nitro benzene ring substituents is 1. The highest BCUT2D eigenvalue weighted by atomic mass is 16.6. The van der Waals surface area contributed by atoms with Crippen LogP contribution < -0.4 is 10.5 Å². The van der Waals surface area contributed by atoms with E-state index in [-0.39, 0.29) is 34.7 Å². The summed E-state index contributed by atoms with van der Waals surface area (Å²) in [5, 5.41) is 11.4. The number of rotatable bonds is 11. The Bertz CT molecular complexity index is 729. The first kappa shape index (κ1) is 21.8. The summed E-state index contributed by atoms with van der Waals surface area (Å²) < 4.78 is 5.63. The Balaban J connectivity index is 1.85. The Morgan fingerprint density at radius 3 is 2.50 bits per heavy atom. The Morgan fingerprint density at radius 1 is 1.25 bits per heavy atom. The van der Waals surface area contributed by atoms with E-state index in [0.717, 1.165) is 44.3 Å². The normalized spacial score (nSPS) is 15.4. The van der Waals surface area contributed by atoms with Crippen LogP contribution in [-0.4, -0.2) is 47.3 Å². The second-order valence-electron chi connectivity index (χ2n) is 7.33. The number of nitro groups is 1. The molecular weight excluding hydrogens is 362 g/mol. The van der Waals surface area contributed by atoms with Crippen LogP contribution in [0.3, 0.4) is 0 Å². The number of benzene rings is 1. The fraction of sp³-hybridized carbons (Fsp3) is 0.600. The Labute approximate surface area is 165 Å². The summed E-state index contributed by atoms with van der Waals surface area (Å²) in [4.78, 5) is 36.4. The van der Waals surface area contributed by atoms with E-state index < -0.39 is 4.92 Å². The van der Waals surface area contributed by atoms with Crippen LogP contribution in [0.25, 0.3) is 0 Å². The lowest BCUT2D eigenvalue weighted by Crippen LogP contribution is -2.43. The van der Waals surface area contributed by atoms with Gasteiger partial charge in [-0.1, -0.05) is 6.42 Å². The number of Topliss-reactive ketones (excluding diaryl/α,β-unsaturated/α-hetero) is 1. The van der Waals surface area contributed by atoms with Crippen LogP contribution in [-0.2, 0) is 4.79 Å². The molecule has 1 atom stereocenters. The number of hydrogen-bond donors (Lipinski definition) is 1. The lowest BCUT2D eigenvalue weighted by molar-refractivity contribution is -0.386. The van der Waals surface area contributed by atoms with Gasteiger partial charge in [0.1, 0.15) is 0 Å². The Kier molecular flexibility index (Phi) is 7.92. The fourth-order valence-corrected chi connectivity index (χ4v) is 3.67. The number of likely N-dealkylation sites (tertiary alicyclic amines) is 1. The van der Waals surface area contributed by atoms with Crippen LogP contribution in [0.2, 0.25) is 0 Å². The highest BCUT2D eigenvalue weighted by molar-refractivity contribution is 5.99. The van der Waals surface area contributed by atoms with Gasteiger partial charge in [-0.15, -0.1) is 0 Å². The number of carbonyl (C=O) groups excluding carboxylic acids is 2. The van der Waals surface area contributed by atoms with E-state index >= 15 is 0 Å². The summed E-state index contributed by atoms with van der Waals surface area (Å²) in [7, 11) is 0. The van der Waals surface area contributed by atoms with E-state index in [2.05, 4.69) is 4.90 Å². The van der Waals surface area contributed by atoms with Crippen LogP contribution in [0.15, 0.2) is 12.1 Å². The number of aryl methyl sites for hydroxylation is 1. The molecule has 0 aliphatic carbocycles. The average molecular weight is 391 g/mol. The first-order chi connectivity index (χ1) is 13.3. The molecule has 1 aromatic carbocycles. The minimum Gasteiger partial charge on any atom is -0.487 e. The smallest absolute Gasteiger partial charge is 0.321 e. The van der Waals surface area contributed by atoms with Gasteiger partial charge in [0.05, 0.1) is 23.1 Å². The van der Waals surface area contributed by atoms with Gasteiger partial charge in [0.25, 0.3) is 0 Å². The minimum absolute atomic E-state index is 0.0647. The monoisotopic (exact) mass is 391 g/mol. The number of primary amides is 1. The molecule has 1 aliphatic heterocycles. The highest BCUT2D eigenvalue weighted by Crippen LogP contribution is 2.33. The van der Waals surface area contributed by atoms with Crippen molar-refractivity contribution >= 4 is 17.4 Å². The maximum absolute atomic E-state index is 11.7. The number of carbonyl (C=O) groups is 2. The standard InChI is InChI=1S/C20H29N3O5/c1-14-12-16(15(2)24)19(23(26)27)18(13-14)28-11-7-3-4-8-17(20(21)25)22-9-5-6-10-22/h12-13,17H,3-11H2,1-2H3,(H2,21,25). The van der Waals surface area contributed by atoms with E-state index in [0.29, 0.717) is 19.4 Å².